The Balaban J connectivity index is 2.34. The highest BCUT2D eigenvalue weighted by Crippen LogP contribution is 2.27. The number of rotatable bonds is 6. The van der Waals surface area contributed by atoms with Crippen molar-refractivity contribution in [3.8, 4) is 0 Å². The number of hydrogen-bond acceptors (Lipinski definition) is 3. The maximum atomic E-state index is 5.50. The first-order chi connectivity index (χ1) is 7.13. The molecule has 0 fully saturated rings. The van der Waals surface area contributed by atoms with Crippen LogP contribution < -0.4 is 5.32 Å². The smallest absolute Gasteiger partial charge is 0.183 e. The molecule has 15 heavy (non-hydrogen) atoms. The summed E-state index contributed by atoms with van der Waals surface area (Å²) in [7, 11) is 4.07. The van der Waals surface area contributed by atoms with Crippen LogP contribution in [0.25, 0.3) is 0 Å². The topological polar surface area (TPSA) is 28.4 Å². The van der Waals surface area contributed by atoms with Crippen LogP contribution >= 0.6 is 31.9 Å². The molecule has 0 bridgehead atoms. The highest BCUT2D eigenvalue weighted by molar-refractivity contribution is 9.13. The molecule has 0 saturated carbocycles. The minimum Gasteiger partial charge on any atom is -0.452 e. The molecule has 0 atom stereocenters. The lowest BCUT2D eigenvalue weighted by atomic mass is 10.3. The van der Waals surface area contributed by atoms with Crippen LogP contribution in [0.2, 0.25) is 0 Å². The number of hydrogen-bond donors (Lipinski definition) is 1. The molecule has 1 aromatic rings. The third kappa shape index (κ3) is 4.68. The molecule has 1 rings (SSSR count). The summed E-state index contributed by atoms with van der Waals surface area (Å²) in [6, 6.07) is 2.00. The minimum atomic E-state index is 0.765. The van der Waals surface area contributed by atoms with E-state index in [0.717, 1.165) is 41.0 Å². The van der Waals surface area contributed by atoms with Gasteiger partial charge in [-0.15, -0.1) is 0 Å². The van der Waals surface area contributed by atoms with Crippen molar-refractivity contribution in [2.45, 2.75) is 13.0 Å². The Bertz CT molecular complexity index is 282. The lowest BCUT2D eigenvalue weighted by Crippen LogP contribution is -2.22. The SMILES string of the molecule is CNCCCN(C)Cc1cc(Br)c(Br)o1. The second-order valence-electron chi connectivity index (χ2n) is 3.53. The minimum absolute atomic E-state index is 0.765. The fraction of sp³-hybridized carbons (Fsp3) is 0.600. The van der Waals surface area contributed by atoms with Crippen LogP contribution in [0.4, 0.5) is 0 Å². The molecule has 5 heteroatoms. The van der Waals surface area contributed by atoms with Crippen molar-refractivity contribution in [2.75, 3.05) is 27.2 Å². The van der Waals surface area contributed by atoms with Crippen LogP contribution in [-0.2, 0) is 6.54 Å². The number of nitrogens with one attached hydrogen (secondary N) is 1. The molecule has 0 spiro atoms. The van der Waals surface area contributed by atoms with Crippen molar-refractivity contribution in [3.63, 3.8) is 0 Å². The Morgan fingerprint density at radius 2 is 2.20 bits per heavy atom. The molecule has 0 amide bonds. The van der Waals surface area contributed by atoms with Gasteiger partial charge in [0.1, 0.15) is 5.76 Å². The summed E-state index contributed by atoms with van der Waals surface area (Å²) in [5, 5.41) is 3.14. The maximum Gasteiger partial charge on any atom is 0.183 e. The molecule has 0 unspecified atom stereocenters. The van der Waals surface area contributed by atoms with Gasteiger partial charge in [-0.2, -0.15) is 0 Å². The van der Waals surface area contributed by atoms with Gasteiger partial charge < -0.3 is 9.73 Å². The van der Waals surface area contributed by atoms with Gasteiger partial charge in [0.05, 0.1) is 11.0 Å². The first-order valence-corrected chi connectivity index (χ1v) is 6.49. The molecule has 0 aliphatic heterocycles. The zero-order valence-electron chi connectivity index (χ0n) is 9.02. The summed E-state index contributed by atoms with van der Waals surface area (Å²) in [6.45, 7) is 2.96. The van der Waals surface area contributed by atoms with E-state index in [1.54, 1.807) is 0 Å². The van der Waals surface area contributed by atoms with E-state index in [-0.39, 0.29) is 0 Å². The Hall–Kier alpha value is 0.160. The van der Waals surface area contributed by atoms with E-state index in [4.69, 9.17) is 4.42 Å². The molecular weight excluding hydrogens is 324 g/mol. The molecule has 0 aliphatic carbocycles. The predicted octanol–water partition coefficient (Wildman–Crippen LogP) is 2.85. The molecule has 3 nitrogen and oxygen atoms in total. The Morgan fingerprint density at radius 1 is 1.47 bits per heavy atom. The second kappa shape index (κ2) is 6.68. The van der Waals surface area contributed by atoms with Gasteiger partial charge in [-0.3, -0.25) is 4.90 Å². The fourth-order valence-corrected chi connectivity index (χ4v) is 2.00. The van der Waals surface area contributed by atoms with Gasteiger partial charge in [0.15, 0.2) is 4.67 Å². The Labute approximate surface area is 107 Å². The van der Waals surface area contributed by atoms with Gasteiger partial charge in [0.2, 0.25) is 0 Å². The first kappa shape index (κ1) is 13.2. The number of halogens is 2. The summed E-state index contributed by atoms with van der Waals surface area (Å²) in [5.74, 6) is 0.973. The van der Waals surface area contributed by atoms with E-state index in [2.05, 4.69) is 49.1 Å². The summed E-state index contributed by atoms with van der Waals surface area (Å²) in [6.07, 6.45) is 1.15. The molecule has 1 N–H and O–H groups in total. The van der Waals surface area contributed by atoms with E-state index in [1.807, 2.05) is 13.1 Å². The summed E-state index contributed by atoms with van der Waals surface area (Å²) < 4.78 is 7.24. The van der Waals surface area contributed by atoms with Crippen LogP contribution in [0, 0.1) is 0 Å². The van der Waals surface area contributed by atoms with Crippen LogP contribution in [0.5, 0.6) is 0 Å². The predicted molar refractivity (Wildman–Crippen MR) is 69.0 cm³/mol. The van der Waals surface area contributed by atoms with Gasteiger partial charge in [0, 0.05) is 0 Å². The average Bonchev–Trinajstić information content (AvgIpc) is 2.46. The fourth-order valence-electron chi connectivity index (χ4n) is 1.34. The van der Waals surface area contributed by atoms with Crippen molar-refractivity contribution in [2.24, 2.45) is 0 Å². The normalized spacial score (nSPS) is 11.3. The molecule has 0 saturated heterocycles. The highest BCUT2D eigenvalue weighted by Gasteiger charge is 2.08. The van der Waals surface area contributed by atoms with Crippen LogP contribution in [0.15, 0.2) is 19.6 Å². The van der Waals surface area contributed by atoms with E-state index in [9.17, 15) is 0 Å². The van der Waals surface area contributed by atoms with Gasteiger partial charge >= 0.3 is 0 Å². The van der Waals surface area contributed by atoms with Crippen molar-refractivity contribution < 1.29 is 4.42 Å². The van der Waals surface area contributed by atoms with E-state index in [0.29, 0.717) is 0 Å². The van der Waals surface area contributed by atoms with Crippen LogP contribution in [0.1, 0.15) is 12.2 Å². The quantitative estimate of drug-likeness (QED) is 0.808. The first-order valence-electron chi connectivity index (χ1n) is 4.90. The van der Waals surface area contributed by atoms with Gasteiger partial charge in [-0.25, -0.2) is 0 Å². The lowest BCUT2D eigenvalue weighted by molar-refractivity contribution is 0.288. The van der Waals surface area contributed by atoms with Crippen molar-refractivity contribution >= 4 is 31.9 Å². The molecule has 1 heterocycles. The number of furan rings is 1. The highest BCUT2D eigenvalue weighted by atomic mass is 79.9. The summed E-state index contributed by atoms with van der Waals surface area (Å²) >= 11 is 6.73. The zero-order chi connectivity index (χ0) is 11.3. The van der Waals surface area contributed by atoms with Crippen molar-refractivity contribution in [1.82, 2.24) is 10.2 Å². The van der Waals surface area contributed by atoms with Gasteiger partial charge in [0.25, 0.3) is 0 Å². The Morgan fingerprint density at radius 3 is 2.73 bits per heavy atom. The Kier molecular flexibility index (Phi) is 5.89. The third-order valence-corrected chi connectivity index (χ3v) is 3.80. The largest absolute Gasteiger partial charge is 0.452 e. The van der Waals surface area contributed by atoms with Crippen LogP contribution in [-0.4, -0.2) is 32.1 Å². The van der Waals surface area contributed by atoms with Gasteiger partial charge in [-0.1, -0.05) is 0 Å². The average molecular weight is 340 g/mol. The van der Waals surface area contributed by atoms with E-state index in [1.165, 1.54) is 0 Å². The lowest BCUT2D eigenvalue weighted by Gasteiger charge is -2.14. The molecule has 86 valence electrons. The molecule has 0 radical (unpaired) electrons. The standard InChI is InChI=1S/C10H16Br2N2O/c1-13-4-3-5-14(2)7-8-6-9(11)10(12)15-8/h6,13H,3-5,7H2,1-2H3. The maximum absolute atomic E-state index is 5.50. The van der Waals surface area contributed by atoms with E-state index < -0.39 is 0 Å². The summed E-state index contributed by atoms with van der Waals surface area (Å²) in [4.78, 5) is 2.25. The monoisotopic (exact) mass is 338 g/mol. The molecule has 1 aromatic heterocycles. The van der Waals surface area contributed by atoms with Crippen molar-refractivity contribution in [3.05, 3.63) is 21.0 Å². The second-order valence-corrected chi connectivity index (χ2v) is 5.10. The molecular formula is C10H16Br2N2O. The molecule has 0 aliphatic rings. The third-order valence-electron chi connectivity index (χ3n) is 2.09. The summed E-state index contributed by atoms with van der Waals surface area (Å²) in [5.41, 5.74) is 0. The van der Waals surface area contributed by atoms with Crippen LogP contribution in [0.3, 0.4) is 0 Å². The zero-order valence-corrected chi connectivity index (χ0v) is 12.2. The van der Waals surface area contributed by atoms with E-state index >= 15 is 0 Å². The number of nitrogens with zero attached hydrogens (tertiary/aromatic N) is 1. The van der Waals surface area contributed by atoms with Crippen molar-refractivity contribution in [1.29, 1.82) is 0 Å². The molecule has 0 aromatic carbocycles. The van der Waals surface area contributed by atoms with Gasteiger partial charge in [-0.05, 0) is 71.5 Å².